The van der Waals surface area contributed by atoms with Gasteiger partial charge < -0.3 is 5.73 Å². The molecule has 0 aliphatic rings. The van der Waals surface area contributed by atoms with Crippen LogP contribution < -0.4 is 5.73 Å². The number of halogens is 1. The van der Waals surface area contributed by atoms with Gasteiger partial charge in [0.05, 0.1) is 0 Å². The van der Waals surface area contributed by atoms with Gasteiger partial charge in [0.2, 0.25) is 5.91 Å². The highest BCUT2D eigenvalue weighted by atomic mass is 35.5. The van der Waals surface area contributed by atoms with Crippen molar-refractivity contribution in [3.05, 3.63) is 35.9 Å². The van der Waals surface area contributed by atoms with Crippen LogP contribution in [0.1, 0.15) is 12.5 Å². The smallest absolute Gasteiger partial charge is 0.214 e. The first-order valence-electron chi connectivity index (χ1n) is 3.52. The van der Waals surface area contributed by atoms with E-state index >= 15 is 0 Å². The molecule has 2 N–H and O–H groups in total. The van der Waals surface area contributed by atoms with Crippen LogP contribution in [0.3, 0.4) is 0 Å². The molecule has 0 saturated heterocycles. The topological polar surface area (TPSA) is 43.1 Å². The summed E-state index contributed by atoms with van der Waals surface area (Å²) in [6, 6.07) is 9.96. The van der Waals surface area contributed by atoms with Crippen molar-refractivity contribution >= 4 is 17.5 Å². The third-order valence-electron chi connectivity index (χ3n) is 0.997. The number of benzene rings is 1. The second-order valence-electron chi connectivity index (χ2n) is 2.23. The predicted molar refractivity (Wildman–Crippen MR) is 50.9 cm³/mol. The van der Waals surface area contributed by atoms with E-state index in [1.807, 2.05) is 30.3 Å². The Morgan fingerprint density at radius 1 is 1.42 bits per heavy atom. The van der Waals surface area contributed by atoms with Crippen LogP contribution in [0.25, 0.3) is 0 Å². The molecule has 1 amide bonds. The predicted octanol–water partition coefficient (Wildman–Crippen LogP) is 1.92. The second-order valence-corrected chi connectivity index (χ2v) is 2.50. The van der Waals surface area contributed by atoms with Crippen LogP contribution in [0.5, 0.6) is 0 Å². The van der Waals surface area contributed by atoms with E-state index in [0.29, 0.717) is 5.88 Å². The van der Waals surface area contributed by atoms with Gasteiger partial charge in [0.1, 0.15) is 0 Å². The van der Waals surface area contributed by atoms with Crippen molar-refractivity contribution in [3.63, 3.8) is 0 Å². The zero-order valence-corrected chi connectivity index (χ0v) is 7.71. The lowest BCUT2D eigenvalue weighted by Crippen LogP contribution is -2.01. The van der Waals surface area contributed by atoms with Crippen LogP contribution in [-0.4, -0.2) is 5.91 Å². The Bertz CT molecular complexity index is 219. The third kappa shape index (κ3) is 7.09. The number of amides is 1. The molecule has 0 bridgehead atoms. The fourth-order valence-corrected chi connectivity index (χ4v) is 0.745. The van der Waals surface area contributed by atoms with E-state index in [2.05, 4.69) is 5.73 Å². The van der Waals surface area contributed by atoms with Gasteiger partial charge in [0.15, 0.2) is 0 Å². The molecule has 1 aromatic carbocycles. The van der Waals surface area contributed by atoms with Crippen molar-refractivity contribution in [3.8, 4) is 0 Å². The summed E-state index contributed by atoms with van der Waals surface area (Å²) in [5.74, 6) is 0.279. The molecule has 0 unspecified atom stereocenters. The van der Waals surface area contributed by atoms with Gasteiger partial charge in [-0.15, -0.1) is 11.6 Å². The molecule has 0 spiro atoms. The monoisotopic (exact) mass is 185 g/mol. The molecule has 0 heterocycles. The Hall–Kier alpha value is -1.02. The van der Waals surface area contributed by atoms with Gasteiger partial charge in [-0.05, 0) is 5.56 Å². The van der Waals surface area contributed by atoms with Gasteiger partial charge in [0.25, 0.3) is 0 Å². The lowest BCUT2D eigenvalue weighted by molar-refractivity contribution is -0.115. The Morgan fingerprint density at radius 2 is 1.83 bits per heavy atom. The van der Waals surface area contributed by atoms with Gasteiger partial charge >= 0.3 is 0 Å². The molecule has 0 saturated carbocycles. The zero-order chi connectivity index (χ0) is 9.40. The van der Waals surface area contributed by atoms with E-state index in [1.54, 1.807) is 0 Å². The van der Waals surface area contributed by atoms with E-state index < -0.39 is 0 Å². The van der Waals surface area contributed by atoms with Gasteiger partial charge in [-0.1, -0.05) is 30.3 Å². The van der Waals surface area contributed by atoms with E-state index in [-0.39, 0.29) is 5.91 Å². The minimum Gasteiger partial charge on any atom is -0.370 e. The number of carbonyl (C=O) groups is 1. The van der Waals surface area contributed by atoms with Crippen LogP contribution in [0, 0.1) is 0 Å². The number of hydrogen-bond acceptors (Lipinski definition) is 1. The highest BCUT2D eigenvalue weighted by molar-refractivity contribution is 6.17. The lowest BCUT2D eigenvalue weighted by Gasteiger charge is -1.88. The Morgan fingerprint density at radius 3 is 2.08 bits per heavy atom. The minimum atomic E-state index is -0.333. The maximum Gasteiger partial charge on any atom is 0.214 e. The number of alkyl halides is 1. The van der Waals surface area contributed by atoms with E-state index in [4.69, 9.17) is 11.6 Å². The molecule has 12 heavy (non-hydrogen) atoms. The average Bonchev–Trinajstić information content (AvgIpc) is 2.05. The average molecular weight is 186 g/mol. The van der Waals surface area contributed by atoms with E-state index in [1.165, 1.54) is 12.5 Å². The molecule has 0 fully saturated rings. The van der Waals surface area contributed by atoms with Crippen LogP contribution in [0.15, 0.2) is 30.3 Å². The Labute approximate surface area is 77.3 Å². The summed E-state index contributed by atoms with van der Waals surface area (Å²) in [6.07, 6.45) is 0. The molecule has 0 aliphatic carbocycles. The molecule has 0 atom stereocenters. The summed E-state index contributed by atoms with van der Waals surface area (Å²) in [5.41, 5.74) is 5.65. The highest BCUT2D eigenvalue weighted by Crippen LogP contribution is 2.00. The van der Waals surface area contributed by atoms with Crippen molar-refractivity contribution in [2.45, 2.75) is 12.8 Å². The maximum absolute atomic E-state index is 9.22. The molecule has 1 aromatic rings. The molecule has 0 aromatic heterocycles. The van der Waals surface area contributed by atoms with E-state index in [9.17, 15) is 4.79 Å². The first-order chi connectivity index (χ1) is 5.66. The molecule has 1 rings (SSSR count). The van der Waals surface area contributed by atoms with Crippen LogP contribution in [0.2, 0.25) is 0 Å². The molecule has 2 nitrogen and oxygen atoms in total. The van der Waals surface area contributed by atoms with E-state index in [0.717, 1.165) is 0 Å². The van der Waals surface area contributed by atoms with Gasteiger partial charge in [-0.3, -0.25) is 4.79 Å². The van der Waals surface area contributed by atoms with Crippen LogP contribution >= 0.6 is 11.6 Å². The largest absolute Gasteiger partial charge is 0.370 e. The lowest BCUT2D eigenvalue weighted by atomic mass is 10.2. The van der Waals surface area contributed by atoms with Crippen molar-refractivity contribution in [2.24, 2.45) is 5.73 Å². The molecule has 0 radical (unpaired) electrons. The summed E-state index contributed by atoms with van der Waals surface area (Å²) in [4.78, 5) is 9.22. The standard InChI is InChI=1S/C7H7Cl.C2H5NO/c8-6-7-4-2-1-3-5-7;1-2(3)4/h1-5H,6H2;1H3,(H2,3,4). The van der Waals surface area contributed by atoms with Crippen LogP contribution in [-0.2, 0) is 10.7 Å². The Kier molecular flexibility index (Phi) is 6.11. The number of primary amides is 1. The molecular weight excluding hydrogens is 174 g/mol. The number of hydrogen-bond donors (Lipinski definition) is 1. The highest BCUT2D eigenvalue weighted by Gasteiger charge is 1.81. The summed E-state index contributed by atoms with van der Waals surface area (Å²) >= 11 is 5.53. The summed E-state index contributed by atoms with van der Waals surface area (Å²) in [5, 5.41) is 0. The molecule has 0 aliphatic heterocycles. The summed E-state index contributed by atoms with van der Waals surface area (Å²) in [7, 11) is 0. The third-order valence-corrected chi connectivity index (χ3v) is 1.31. The van der Waals surface area contributed by atoms with Crippen LogP contribution in [0.4, 0.5) is 0 Å². The first kappa shape index (κ1) is 11.0. The van der Waals surface area contributed by atoms with Gasteiger partial charge in [0, 0.05) is 12.8 Å². The van der Waals surface area contributed by atoms with Crippen molar-refractivity contribution in [1.82, 2.24) is 0 Å². The minimum absolute atomic E-state index is 0.333. The maximum atomic E-state index is 9.22. The van der Waals surface area contributed by atoms with Gasteiger partial charge in [-0.2, -0.15) is 0 Å². The molecular formula is C9H12ClNO. The second kappa shape index (κ2) is 6.68. The molecule has 66 valence electrons. The summed E-state index contributed by atoms with van der Waals surface area (Å²) < 4.78 is 0. The Balaban J connectivity index is 0.000000261. The first-order valence-corrected chi connectivity index (χ1v) is 4.06. The van der Waals surface area contributed by atoms with Crippen molar-refractivity contribution in [1.29, 1.82) is 0 Å². The fraction of sp³-hybridized carbons (Fsp3) is 0.222. The zero-order valence-electron chi connectivity index (χ0n) is 6.96. The SMILES string of the molecule is CC(N)=O.ClCc1ccccc1. The normalized spacial score (nSPS) is 8.17. The van der Waals surface area contributed by atoms with Gasteiger partial charge in [-0.25, -0.2) is 0 Å². The number of nitrogens with two attached hydrogens (primary N) is 1. The molecule has 3 heteroatoms. The summed E-state index contributed by atoms with van der Waals surface area (Å²) in [6.45, 7) is 1.31. The van der Waals surface area contributed by atoms with Crippen molar-refractivity contribution < 1.29 is 4.79 Å². The fourth-order valence-electron chi connectivity index (χ4n) is 0.567. The quantitative estimate of drug-likeness (QED) is 0.668. The van der Waals surface area contributed by atoms with Crippen molar-refractivity contribution in [2.75, 3.05) is 0 Å². The number of rotatable bonds is 1. The number of carbonyl (C=O) groups excluding carboxylic acids is 1.